The fourth-order valence-electron chi connectivity index (χ4n) is 3.80. The van der Waals surface area contributed by atoms with Crippen LogP contribution in [0.4, 0.5) is 0 Å². The first-order valence-corrected chi connectivity index (χ1v) is 13.5. The molecule has 1 saturated heterocycles. The van der Waals surface area contributed by atoms with Crippen molar-refractivity contribution in [2.75, 3.05) is 17.3 Å². The number of aryl methyl sites for hydroxylation is 2. The molecule has 1 aliphatic rings. The first kappa shape index (κ1) is 23.4. The van der Waals surface area contributed by atoms with Gasteiger partial charge < -0.3 is 5.32 Å². The number of amides is 1. The molecule has 2 heterocycles. The molecule has 0 saturated carbocycles. The van der Waals surface area contributed by atoms with Crippen LogP contribution in [-0.4, -0.2) is 52.3 Å². The van der Waals surface area contributed by atoms with Crippen LogP contribution in [0.15, 0.2) is 53.7 Å². The molecule has 1 aromatic heterocycles. The zero-order valence-electron chi connectivity index (χ0n) is 18.8. The smallest absolute Gasteiger partial charge is 0.230 e. The number of carbonyl (C=O) groups is 1. The minimum atomic E-state index is -3.10. The number of thioether (sulfide) groups is 1. The molecule has 0 bridgehead atoms. The number of nitrogens with one attached hydrogen (secondary N) is 1. The van der Waals surface area contributed by atoms with Gasteiger partial charge >= 0.3 is 0 Å². The largest absolute Gasteiger partial charge is 0.349 e. The summed E-state index contributed by atoms with van der Waals surface area (Å²) in [6.45, 7) is 5.82. The SMILES string of the molecule is Cc1ccc(-c2nnc(SCC(=O)NC3(C)CCS(=O)(=O)C3)nc2-c2ccc(C)cc2)cc1. The molecular formula is C24H26N4O3S2. The highest BCUT2D eigenvalue weighted by atomic mass is 32.2. The Morgan fingerprint density at radius 3 is 2.09 bits per heavy atom. The molecular weight excluding hydrogens is 456 g/mol. The molecule has 1 atom stereocenters. The van der Waals surface area contributed by atoms with Crippen LogP contribution in [-0.2, 0) is 14.6 Å². The molecule has 2 aromatic carbocycles. The van der Waals surface area contributed by atoms with E-state index >= 15 is 0 Å². The summed E-state index contributed by atoms with van der Waals surface area (Å²) in [6, 6.07) is 16.1. The van der Waals surface area contributed by atoms with E-state index < -0.39 is 15.4 Å². The van der Waals surface area contributed by atoms with Crippen molar-refractivity contribution in [2.45, 2.75) is 37.9 Å². The van der Waals surface area contributed by atoms with Gasteiger partial charge in [0.1, 0.15) is 11.4 Å². The van der Waals surface area contributed by atoms with Crippen LogP contribution < -0.4 is 5.32 Å². The van der Waals surface area contributed by atoms with E-state index in [1.54, 1.807) is 6.92 Å². The molecule has 172 valence electrons. The number of aromatic nitrogens is 3. The molecule has 0 aliphatic carbocycles. The van der Waals surface area contributed by atoms with Gasteiger partial charge in [-0.25, -0.2) is 13.4 Å². The summed E-state index contributed by atoms with van der Waals surface area (Å²) in [7, 11) is -3.10. The van der Waals surface area contributed by atoms with E-state index in [2.05, 4.69) is 15.5 Å². The Hall–Kier alpha value is -2.78. The molecule has 1 N–H and O–H groups in total. The first-order valence-electron chi connectivity index (χ1n) is 10.7. The lowest BCUT2D eigenvalue weighted by Gasteiger charge is -2.23. The number of sulfone groups is 1. The van der Waals surface area contributed by atoms with Crippen molar-refractivity contribution in [3.8, 4) is 22.5 Å². The van der Waals surface area contributed by atoms with Crippen molar-refractivity contribution in [1.82, 2.24) is 20.5 Å². The van der Waals surface area contributed by atoms with Crippen molar-refractivity contribution in [3.63, 3.8) is 0 Å². The van der Waals surface area contributed by atoms with E-state index in [-0.39, 0.29) is 23.2 Å². The van der Waals surface area contributed by atoms with E-state index in [9.17, 15) is 13.2 Å². The molecule has 3 aromatic rings. The molecule has 1 unspecified atom stereocenters. The summed E-state index contributed by atoms with van der Waals surface area (Å²) in [4.78, 5) is 17.2. The maximum atomic E-state index is 12.5. The highest BCUT2D eigenvalue weighted by Gasteiger charge is 2.39. The van der Waals surface area contributed by atoms with E-state index in [4.69, 9.17) is 4.98 Å². The monoisotopic (exact) mass is 482 g/mol. The highest BCUT2D eigenvalue weighted by molar-refractivity contribution is 7.99. The maximum Gasteiger partial charge on any atom is 0.230 e. The minimum Gasteiger partial charge on any atom is -0.349 e. The fraction of sp³-hybridized carbons (Fsp3) is 0.333. The summed E-state index contributed by atoms with van der Waals surface area (Å²) >= 11 is 1.18. The predicted octanol–water partition coefficient (Wildman–Crippen LogP) is 3.61. The Morgan fingerprint density at radius 2 is 1.55 bits per heavy atom. The molecule has 4 rings (SSSR count). The number of rotatable bonds is 6. The Balaban J connectivity index is 1.55. The van der Waals surface area contributed by atoms with Crippen molar-refractivity contribution >= 4 is 27.5 Å². The van der Waals surface area contributed by atoms with Crippen molar-refractivity contribution in [2.24, 2.45) is 0 Å². The van der Waals surface area contributed by atoms with Gasteiger partial charge in [-0.1, -0.05) is 71.4 Å². The van der Waals surface area contributed by atoms with Gasteiger partial charge in [-0.05, 0) is 27.2 Å². The molecule has 9 heteroatoms. The molecule has 0 radical (unpaired) electrons. The summed E-state index contributed by atoms with van der Waals surface area (Å²) in [6.07, 6.45) is 0.423. The van der Waals surface area contributed by atoms with Crippen LogP contribution in [0.5, 0.6) is 0 Å². The lowest BCUT2D eigenvalue weighted by molar-refractivity contribution is -0.120. The lowest BCUT2D eigenvalue weighted by Crippen LogP contribution is -2.47. The zero-order chi connectivity index (χ0) is 23.6. The van der Waals surface area contributed by atoms with Gasteiger partial charge in [0.05, 0.1) is 22.8 Å². The van der Waals surface area contributed by atoms with Crippen LogP contribution in [0.3, 0.4) is 0 Å². The fourth-order valence-corrected chi connectivity index (χ4v) is 6.48. The van der Waals surface area contributed by atoms with Crippen molar-refractivity contribution < 1.29 is 13.2 Å². The number of benzene rings is 2. The van der Waals surface area contributed by atoms with Crippen LogP contribution in [0.1, 0.15) is 24.5 Å². The molecule has 1 aliphatic heterocycles. The normalized spacial score (nSPS) is 19.4. The Labute approximate surface area is 198 Å². The van der Waals surface area contributed by atoms with Gasteiger partial charge in [-0.3, -0.25) is 4.79 Å². The van der Waals surface area contributed by atoms with Gasteiger partial charge in [0.2, 0.25) is 11.1 Å². The summed E-state index contributed by atoms with van der Waals surface area (Å²) in [5.41, 5.74) is 4.78. The predicted molar refractivity (Wildman–Crippen MR) is 131 cm³/mol. The third-order valence-corrected chi connectivity index (χ3v) is 8.33. The zero-order valence-corrected chi connectivity index (χ0v) is 20.5. The van der Waals surface area contributed by atoms with E-state index in [1.165, 1.54) is 11.8 Å². The van der Waals surface area contributed by atoms with Crippen LogP contribution >= 0.6 is 11.8 Å². The Morgan fingerprint density at radius 1 is 0.970 bits per heavy atom. The molecule has 0 spiro atoms. The molecule has 7 nitrogen and oxygen atoms in total. The third-order valence-electron chi connectivity index (χ3n) is 5.59. The van der Waals surface area contributed by atoms with Gasteiger partial charge in [0.25, 0.3) is 0 Å². The highest BCUT2D eigenvalue weighted by Crippen LogP contribution is 2.30. The average Bonchev–Trinajstić information content (AvgIpc) is 3.05. The van der Waals surface area contributed by atoms with E-state index in [1.807, 2.05) is 62.4 Å². The average molecular weight is 483 g/mol. The van der Waals surface area contributed by atoms with E-state index in [0.29, 0.717) is 23.0 Å². The summed E-state index contributed by atoms with van der Waals surface area (Å²) in [5, 5.41) is 11.9. The van der Waals surface area contributed by atoms with Gasteiger partial charge in [-0.15, -0.1) is 10.2 Å². The Kier molecular flexibility index (Phi) is 6.54. The Bertz CT molecular complexity index is 1280. The topological polar surface area (TPSA) is 102 Å². The second kappa shape index (κ2) is 9.23. The third kappa shape index (κ3) is 5.78. The van der Waals surface area contributed by atoms with Gasteiger partial charge in [0.15, 0.2) is 9.84 Å². The lowest BCUT2D eigenvalue weighted by atomic mass is 10.0. The summed E-state index contributed by atoms with van der Waals surface area (Å²) < 4.78 is 23.6. The number of hydrogen-bond acceptors (Lipinski definition) is 7. The summed E-state index contributed by atoms with van der Waals surface area (Å²) in [5.74, 6) is -0.0985. The van der Waals surface area contributed by atoms with Crippen LogP contribution in [0.25, 0.3) is 22.5 Å². The molecule has 1 fully saturated rings. The first-order chi connectivity index (χ1) is 15.6. The van der Waals surface area contributed by atoms with E-state index in [0.717, 1.165) is 22.3 Å². The van der Waals surface area contributed by atoms with Crippen molar-refractivity contribution in [3.05, 3.63) is 59.7 Å². The van der Waals surface area contributed by atoms with Gasteiger partial charge in [-0.2, -0.15) is 0 Å². The molecule has 1 amide bonds. The van der Waals surface area contributed by atoms with Gasteiger partial charge in [0, 0.05) is 11.1 Å². The van der Waals surface area contributed by atoms with Crippen molar-refractivity contribution in [1.29, 1.82) is 0 Å². The second-order valence-corrected chi connectivity index (χ2v) is 11.9. The molecule has 33 heavy (non-hydrogen) atoms. The number of nitrogens with zero attached hydrogens (tertiary/aromatic N) is 3. The quantitative estimate of drug-likeness (QED) is 0.536. The number of carbonyl (C=O) groups excluding carboxylic acids is 1. The van der Waals surface area contributed by atoms with Crippen LogP contribution in [0, 0.1) is 13.8 Å². The standard InChI is InChI=1S/C24H26N4O3S2/c1-16-4-8-18(9-5-16)21-22(19-10-6-17(2)7-11-19)27-28-23(25-21)32-14-20(29)26-24(3)12-13-33(30,31)15-24/h4-11H,12-15H2,1-3H3,(H,26,29). The number of hydrogen-bond donors (Lipinski definition) is 1. The second-order valence-electron chi connectivity index (χ2n) is 8.76. The van der Waals surface area contributed by atoms with Crippen LogP contribution in [0.2, 0.25) is 0 Å². The maximum absolute atomic E-state index is 12.5. The minimum absolute atomic E-state index is 0.0305.